The Bertz CT molecular complexity index is 298. The normalized spacial score (nSPS) is 40.3. The first kappa shape index (κ1) is 11.5. The Morgan fingerprint density at radius 1 is 1.18 bits per heavy atom. The van der Waals surface area contributed by atoms with Gasteiger partial charge in [0.2, 0.25) is 0 Å². The molecule has 0 aromatic heterocycles. The lowest BCUT2D eigenvalue weighted by Gasteiger charge is -2.52. The lowest BCUT2D eigenvalue weighted by Crippen LogP contribution is -2.57. The van der Waals surface area contributed by atoms with Crippen LogP contribution in [0, 0.1) is 11.3 Å². The van der Waals surface area contributed by atoms with Crippen molar-refractivity contribution in [3.8, 4) is 0 Å². The summed E-state index contributed by atoms with van der Waals surface area (Å²) in [6, 6.07) is 0. The number of hydrogen-bond donors (Lipinski definition) is 1. The Kier molecular flexibility index (Phi) is 2.69. The van der Waals surface area contributed by atoms with Gasteiger partial charge in [-0.05, 0) is 63.8 Å². The Balaban J connectivity index is 1.62. The molecular formula is C14H23NO2. The maximum Gasteiger partial charge on any atom is 0.311 e. The van der Waals surface area contributed by atoms with Crippen LogP contribution in [-0.4, -0.2) is 25.2 Å². The highest BCUT2D eigenvalue weighted by molar-refractivity contribution is 5.77. The molecule has 0 aromatic carbocycles. The van der Waals surface area contributed by atoms with Crippen molar-refractivity contribution in [2.45, 2.75) is 56.9 Å². The van der Waals surface area contributed by atoms with E-state index < -0.39 is 0 Å². The number of carbonyl (C=O) groups is 1. The van der Waals surface area contributed by atoms with Crippen molar-refractivity contribution < 1.29 is 9.53 Å². The summed E-state index contributed by atoms with van der Waals surface area (Å²) >= 11 is 0. The van der Waals surface area contributed by atoms with Crippen molar-refractivity contribution in [2.75, 3.05) is 13.7 Å². The molecule has 0 aromatic rings. The summed E-state index contributed by atoms with van der Waals surface area (Å²) in [6.07, 6.45) is 9.38. The van der Waals surface area contributed by atoms with E-state index in [1.165, 1.54) is 26.5 Å². The van der Waals surface area contributed by atoms with E-state index in [1.54, 1.807) is 0 Å². The maximum absolute atomic E-state index is 11.9. The van der Waals surface area contributed by atoms with Crippen LogP contribution in [0.2, 0.25) is 0 Å². The minimum absolute atomic E-state index is 0.0352. The van der Waals surface area contributed by atoms with Crippen molar-refractivity contribution in [3.63, 3.8) is 0 Å². The third-order valence-electron chi connectivity index (χ3n) is 5.33. The summed E-state index contributed by atoms with van der Waals surface area (Å²) in [4.78, 5) is 11.9. The van der Waals surface area contributed by atoms with Gasteiger partial charge in [-0.3, -0.25) is 4.79 Å². The highest BCUT2D eigenvalue weighted by atomic mass is 16.5. The van der Waals surface area contributed by atoms with Gasteiger partial charge >= 0.3 is 5.97 Å². The first-order chi connectivity index (χ1) is 8.18. The quantitative estimate of drug-likeness (QED) is 0.762. The molecule has 0 amide bonds. The second-order valence-corrected chi connectivity index (χ2v) is 6.38. The van der Waals surface area contributed by atoms with E-state index >= 15 is 0 Å². The van der Waals surface area contributed by atoms with Gasteiger partial charge in [0.1, 0.15) is 0 Å². The van der Waals surface area contributed by atoms with Gasteiger partial charge in [-0.15, -0.1) is 0 Å². The van der Waals surface area contributed by atoms with Gasteiger partial charge in [0, 0.05) is 5.54 Å². The maximum atomic E-state index is 11.9. The van der Waals surface area contributed by atoms with Crippen molar-refractivity contribution in [1.82, 2.24) is 5.32 Å². The zero-order chi connectivity index (χ0) is 11.9. The van der Waals surface area contributed by atoms with Gasteiger partial charge in [-0.25, -0.2) is 0 Å². The van der Waals surface area contributed by atoms with E-state index in [4.69, 9.17) is 4.74 Å². The number of carbonyl (C=O) groups excluding carboxylic acids is 1. The second-order valence-electron chi connectivity index (χ2n) is 6.38. The lowest BCUT2D eigenvalue weighted by molar-refractivity contribution is -0.160. The van der Waals surface area contributed by atoms with Gasteiger partial charge in [0.25, 0.3) is 0 Å². The molecule has 4 fully saturated rings. The molecule has 0 heterocycles. The van der Waals surface area contributed by atoms with E-state index in [0.29, 0.717) is 5.54 Å². The molecule has 2 bridgehead atoms. The third kappa shape index (κ3) is 1.99. The minimum Gasteiger partial charge on any atom is -0.469 e. The fourth-order valence-corrected chi connectivity index (χ4v) is 3.66. The summed E-state index contributed by atoms with van der Waals surface area (Å²) in [6.45, 7) is 1.20. The number of esters is 1. The van der Waals surface area contributed by atoms with Crippen LogP contribution in [0.1, 0.15) is 51.4 Å². The van der Waals surface area contributed by atoms with Crippen LogP contribution < -0.4 is 5.32 Å². The van der Waals surface area contributed by atoms with Crippen LogP contribution in [0.25, 0.3) is 0 Å². The van der Waals surface area contributed by atoms with Crippen molar-refractivity contribution in [1.29, 1.82) is 0 Å². The molecule has 4 rings (SSSR count). The van der Waals surface area contributed by atoms with Crippen LogP contribution in [0.5, 0.6) is 0 Å². The van der Waals surface area contributed by atoms with Crippen LogP contribution in [-0.2, 0) is 9.53 Å². The summed E-state index contributed by atoms with van der Waals surface area (Å²) in [5.41, 5.74) is 0.232. The molecule has 0 unspecified atom stereocenters. The number of ether oxygens (including phenoxy) is 1. The predicted molar refractivity (Wildman–Crippen MR) is 65.6 cm³/mol. The molecule has 4 aliphatic rings. The van der Waals surface area contributed by atoms with Gasteiger partial charge in [-0.2, -0.15) is 0 Å². The predicted octanol–water partition coefficient (Wildman–Crippen LogP) is 2.25. The summed E-state index contributed by atoms with van der Waals surface area (Å²) < 4.78 is 4.99. The summed E-state index contributed by atoms with van der Waals surface area (Å²) in [5.74, 6) is 0.978. The molecule has 0 radical (unpaired) electrons. The second kappa shape index (κ2) is 3.98. The topological polar surface area (TPSA) is 38.3 Å². The number of nitrogens with one attached hydrogen (secondary N) is 1. The fourth-order valence-electron chi connectivity index (χ4n) is 3.66. The molecule has 1 N–H and O–H groups in total. The van der Waals surface area contributed by atoms with Gasteiger partial charge in [0.05, 0.1) is 12.5 Å². The molecule has 0 spiro atoms. The number of methoxy groups -OCH3 is 1. The van der Waals surface area contributed by atoms with Crippen LogP contribution in [0.15, 0.2) is 0 Å². The average molecular weight is 237 g/mol. The smallest absolute Gasteiger partial charge is 0.311 e. The molecule has 3 heteroatoms. The molecule has 0 atom stereocenters. The lowest BCUT2D eigenvalue weighted by atomic mass is 9.57. The van der Waals surface area contributed by atoms with Gasteiger partial charge < -0.3 is 10.1 Å². The van der Waals surface area contributed by atoms with E-state index in [2.05, 4.69) is 5.32 Å². The van der Waals surface area contributed by atoms with Crippen LogP contribution in [0.4, 0.5) is 0 Å². The zero-order valence-corrected chi connectivity index (χ0v) is 10.8. The van der Waals surface area contributed by atoms with E-state index in [1.807, 2.05) is 0 Å². The molecule has 0 saturated heterocycles. The standard InChI is InChI=1S/C14H23NO2/c1-17-12(16)13-4-7-14(8-5-13,9-6-13)15-10-11-2-3-11/h11,15H,2-10H2,1H3. The minimum atomic E-state index is -0.127. The number of hydrogen-bond acceptors (Lipinski definition) is 3. The highest BCUT2D eigenvalue weighted by Gasteiger charge is 2.53. The Morgan fingerprint density at radius 3 is 2.24 bits per heavy atom. The van der Waals surface area contributed by atoms with Crippen LogP contribution >= 0.6 is 0 Å². The summed E-state index contributed by atoms with van der Waals surface area (Å²) in [5, 5.41) is 3.81. The van der Waals surface area contributed by atoms with Crippen molar-refractivity contribution >= 4 is 5.97 Å². The number of rotatable bonds is 4. The number of fused-ring (bicyclic) bond motifs is 3. The SMILES string of the molecule is COC(=O)C12CCC(NCC3CC3)(CC1)CC2. The van der Waals surface area contributed by atoms with Crippen molar-refractivity contribution in [2.24, 2.45) is 11.3 Å². The molecular weight excluding hydrogens is 214 g/mol. The Labute approximate surface area is 103 Å². The molecule has 0 aliphatic heterocycles. The zero-order valence-electron chi connectivity index (χ0n) is 10.8. The van der Waals surface area contributed by atoms with Crippen LogP contribution in [0.3, 0.4) is 0 Å². The molecule has 3 nitrogen and oxygen atoms in total. The monoisotopic (exact) mass is 237 g/mol. The summed E-state index contributed by atoms with van der Waals surface area (Å²) in [7, 11) is 1.53. The van der Waals surface area contributed by atoms with Crippen molar-refractivity contribution in [3.05, 3.63) is 0 Å². The largest absolute Gasteiger partial charge is 0.469 e. The first-order valence-corrected chi connectivity index (χ1v) is 7.02. The third-order valence-corrected chi connectivity index (χ3v) is 5.33. The molecule has 96 valence electrons. The Morgan fingerprint density at radius 2 is 1.76 bits per heavy atom. The van der Waals surface area contributed by atoms with E-state index in [-0.39, 0.29) is 11.4 Å². The van der Waals surface area contributed by atoms with Gasteiger partial charge in [0.15, 0.2) is 0 Å². The highest BCUT2D eigenvalue weighted by Crippen LogP contribution is 2.53. The van der Waals surface area contributed by atoms with Gasteiger partial charge in [-0.1, -0.05) is 0 Å². The molecule has 4 saturated carbocycles. The Hall–Kier alpha value is -0.570. The average Bonchev–Trinajstić information content (AvgIpc) is 3.22. The fraction of sp³-hybridized carbons (Fsp3) is 0.929. The van der Waals surface area contributed by atoms with E-state index in [0.717, 1.165) is 44.4 Å². The van der Waals surface area contributed by atoms with E-state index in [9.17, 15) is 4.79 Å². The molecule has 17 heavy (non-hydrogen) atoms. The first-order valence-electron chi connectivity index (χ1n) is 7.02. The molecule has 4 aliphatic carbocycles.